The molecule has 4 nitrogen and oxygen atoms in total. The summed E-state index contributed by atoms with van der Waals surface area (Å²) in [6.45, 7) is 0. The Labute approximate surface area is 65.9 Å². The smallest absolute Gasteiger partial charge is 0.120 e. The Balaban J connectivity index is 2.72. The molecule has 0 aliphatic heterocycles. The second-order valence-corrected chi connectivity index (χ2v) is 5.23. The van der Waals surface area contributed by atoms with Gasteiger partial charge in [-0.25, -0.2) is 0 Å². The third kappa shape index (κ3) is 1.82. The molecule has 0 amide bonds. The molecule has 1 aliphatic carbocycles. The van der Waals surface area contributed by atoms with E-state index >= 15 is 0 Å². The molecule has 66 valence electrons. The summed E-state index contributed by atoms with van der Waals surface area (Å²) < 4.78 is 10.7. The van der Waals surface area contributed by atoms with Gasteiger partial charge < -0.3 is 20.1 Å². The maximum Gasteiger partial charge on any atom is 0.120 e. The van der Waals surface area contributed by atoms with Crippen LogP contribution in [0.3, 0.4) is 0 Å². The van der Waals surface area contributed by atoms with Gasteiger partial charge in [-0.15, -0.1) is 0 Å². The molecular formula is C6H13NO3P-. The average molecular weight is 178 g/mol. The molecule has 0 unspecified atom stereocenters. The number of rotatable bonds is 1. The summed E-state index contributed by atoms with van der Waals surface area (Å²) >= 11 is 0. The molecule has 0 aromatic rings. The number of hydrogen-bond acceptors (Lipinski definition) is 3. The fraction of sp³-hybridized carbons (Fsp3) is 1.00. The van der Waals surface area contributed by atoms with Crippen molar-refractivity contribution in [2.75, 3.05) is 0 Å². The van der Waals surface area contributed by atoms with E-state index in [1.54, 1.807) is 0 Å². The first-order chi connectivity index (χ1) is 4.96. The molecule has 1 rings (SSSR count). The van der Waals surface area contributed by atoms with Crippen molar-refractivity contribution >= 4 is 7.60 Å². The zero-order valence-electron chi connectivity index (χ0n) is 6.41. The van der Waals surface area contributed by atoms with Crippen molar-refractivity contribution in [3.05, 3.63) is 0 Å². The minimum Gasteiger partial charge on any atom is -0.806 e. The predicted octanol–water partition coefficient (Wildman–Crippen LogP) is -1.20. The Morgan fingerprint density at radius 3 is 1.91 bits per heavy atom. The monoisotopic (exact) mass is 178 g/mol. The lowest BCUT2D eigenvalue weighted by Crippen LogP contribution is -2.75. The normalized spacial score (nSPS) is 25.0. The van der Waals surface area contributed by atoms with E-state index in [2.05, 4.69) is 5.73 Å². The van der Waals surface area contributed by atoms with Gasteiger partial charge in [-0.1, -0.05) is 6.42 Å². The van der Waals surface area contributed by atoms with Gasteiger partial charge in [0.2, 0.25) is 0 Å². The van der Waals surface area contributed by atoms with Crippen molar-refractivity contribution in [2.24, 2.45) is 0 Å². The van der Waals surface area contributed by atoms with E-state index in [0.717, 1.165) is 19.3 Å². The van der Waals surface area contributed by atoms with Crippen LogP contribution in [0.5, 0.6) is 0 Å². The van der Waals surface area contributed by atoms with E-state index in [4.69, 9.17) is 0 Å². The summed E-state index contributed by atoms with van der Waals surface area (Å²) in [5.74, 6) is 0. The third-order valence-electron chi connectivity index (χ3n) is 2.37. The van der Waals surface area contributed by atoms with E-state index in [0.29, 0.717) is 12.8 Å². The van der Waals surface area contributed by atoms with Crippen LogP contribution in [-0.4, -0.2) is 5.28 Å². The van der Waals surface area contributed by atoms with Gasteiger partial charge in [0.1, 0.15) is 5.28 Å². The van der Waals surface area contributed by atoms with Gasteiger partial charge in [0, 0.05) is 12.8 Å². The van der Waals surface area contributed by atoms with Crippen LogP contribution in [-0.2, 0) is 4.57 Å². The average Bonchev–Trinajstić information content (AvgIpc) is 1.87. The largest absolute Gasteiger partial charge is 0.806 e. The minimum absolute atomic E-state index is 0.442. The van der Waals surface area contributed by atoms with E-state index in [-0.39, 0.29) is 0 Å². The fourth-order valence-electron chi connectivity index (χ4n) is 1.48. The molecule has 5 heteroatoms. The van der Waals surface area contributed by atoms with Crippen LogP contribution in [0.1, 0.15) is 32.1 Å². The molecule has 0 aromatic heterocycles. The maximum absolute atomic E-state index is 10.7. The zero-order valence-corrected chi connectivity index (χ0v) is 7.31. The molecule has 0 saturated heterocycles. The number of hydrogen-bond donors (Lipinski definition) is 1. The van der Waals surface area contributed by atoms with Crippen molar-refractivity contribution in [1.29, 1.82) is 0 Å². The second kappa shape index (κ2) is 2.87. The van der Waals surface area contributed by atoms with Gasteiger partial charge in [-0.05, 0) is 20.4 Å². The van der Waals surface area contributed by atoms with Gasteiger partial charge in [0.05, 0.1) is 0 Å². The standard InChI is InChI=1S/C6H14NO3P/c7-6(11(8,9)10)4-2-1-3-5-6/h1-5,7H2,(H2,8,9,10)/p-1. The lowest BCUT2D eigenvalue weighted by Gasteiger charge is -2.45. The van der Waals surface area contributed by atoms with Crippen LogP contribution in [0.25, 0.3) is 0 Å². The van der Waals surface area contributed by atoms with Crippen LogP contribution < -0.4 is 15.5 Å². The minimum atomic E-state index is -4.46. The van der Waals surface area contributed by atoms with Crippen LogP contribution in [0.2, 0.25) is 0 Å². The van der Waals surface area contributed by atoms with Gasteiger partial charge >= 0.3 is 0 Å². The van der Waals surface area contributed by atoms with Crippen molar-refractivity contribution in [3.63, 3.8) is 0 Å². The van der Waals surface area contributed by atoms with Crippen molar-refractivity contribution in [1.82, 2.24) is 0 Å². The summed E-state index contributed by atoms with van der Waals surface area (Å²) in [6, 6.07) is 0. The first-order valence-corrected chi connectivity index (χ1v) is 5.37. The van der Waals surface area contributed by atoms with E-state index < -0.39 is 12.9 Å². The SMILES string of the molecule is [NH3+]C1(P(=O)([O-])[O-])CCCCC1. The molecule has 0 heterocycles. The molecule has 0 bridgehead atoms. The first kappa shape index (κ1) is 9.20. The fourth-order valence-corrected chi connectivity index (χ4v) is 2.35. The Hall–Kier alpha value is 0.110. The van der Waals surface area contributed by atoms with Crippen molar-refractivity contribution in [2.45, 2.75) is 37.4 Å². The van der Waals surface area contributed by atoms with Gasteiger partial charge in [-0.2, -0.15) is 0 Å². The lowest BCUT2D eigenvalue weighted by molar-refractivity contribution is -0.482. The highest BCUT2D eigenvalue weighted by Gasteiger charge is 2.34. The summed E-state index contributed by atoms with van der Waals surface area (Å²) in [6.07, 6.45) is 3.54. The van der Waals surface area contributed by atoms with Gasteiger partial charge in [0.25, 0.3) is 0 Å². The summed E-state index contributed by atoms with van der Waals surface area (Å²) in [4.78, 5) is 21.4. The number of quaternary nitrogens is 1. The first-order valence-electron chi connectivity index (χ1n) is 3.83. The highest BCUT2D eigenvalue weighted by Crippen LogP contribution is 2.45. The Morgan fingerprint density at radius 2 is 1.64 bits per heavy atom. The third-order valence-corrected chi connectivity index (χ3v) is 3.97. The molecule has 3 N–H and O–H groups in total. The topological polar surface area (TPSA) is 90.8 Å². The molecule has 0 spiro atoms. The summed E-state index contributed by atoms with van der Waals surface area (Å²) in [7, 11) is -4.46. The van der Waals surface area contributed by atoms with Crippen LogP contribution in [0.4, 0.5) is 0 Å². The Morgan fingerprint density at radius 1 is 1.18 bits per heavy atom. The highest BCUT2D eigenvalue weighted by atomic mass is 31.2. The lowest BCUT2D eigenvalue weighted by atomic mass is 9.96. The summed E-state index contributed by atoms with van der Waals surface area (Å²) in [5, 5.41) is -1.19. The molecular weight excluding hydrogens is 165 g/mol. The highest BCUT2D eigenvalue weighted by molar-refractivity contribution is 7.50. The summed E-state index contributed by atoms with van der Waals surface area (Å²) in [5.41, 5.74) is 3.51. The van der Waals surface area contributed by atoms with E-state index in [1.165, 1.54) is 0 Å². The molecule has 11 heavy (non-hydrogen) atoms. The molecule has 1 fully saturated rings. The molecule has 0 atom stereocenters. The van der Waals surface area contributed by atoms with Crippen molar-refractivity contribution in [3.8, 4) is 0 Å². The van der Waals surface area contributed by atoms with Crippen LogP contribution in [0, 0.1) is 0 Å². The second-order valence-electron chi connectivity index (χ2n) is 3.28. The van der Waals surface area contributed by atoms with E-state index in [9.17, 15) is 14.4 Å². The zero-order chi connectivity index (χ0) is 8.54. The quantitative estimate of drug-likeness (QED) is 0.511. The van der Waals surface area contributed by atoms with Gasteiger partial charge in [-0.3, -0.25) is 0 Å². The van der Waals surface area contributed by atoms with Gasteiger partial charge in [0.15, 0.2) is 0 Å². The molecule has 0 radical (unpaired) electrons. The predicted molar refractivity (Wildman–Crippen MR) is 36.3 cm³/mol. The Kier molecular flexibility index (Phi) is 2.40. The van der Waals surface area contributed by atoms with Crippen molar-refractivity contribution < 1.29 is 20.1 Å². The molecule has 1 aliphatic rings. The molecule has 1 saturated carbocycles. The Bertz CT molecular complexity index is 182. The molecule has 0 aromatic carbocycles. The van der Waals surface area contributed by atoms with E-state index in [1.807, 2.05) is 0 Å². The van der Waals surface area contributed by atoms with Crippen LogP contribution >= 0.6 is 7.60 Å². The van der Waals surface area contributed by atoms with Crippen LogP contribution in [0.15, 0.2) is 0 Å². The maximum atomic E-state index is 10.7.